The van der Waals surface area contributed by atoms with Crippen LogP contribution in [0.15, 0.2) is 29.4 Å². The number of carbonyl (C=O) groups is 1. The van der Waals surface area contributed by atoms with E-state index in [1.165, 1.54) is 11.8 Å². The van der Waals surface area contributed by atoms with Crippen molar-refractivity contribution in [2.24, 2.45) is 0 Å². The summed E-state index contributed by atoms with van der Waals surface area (Å²) in [5, 5.41) is 21.9. The lowest BCUT2D eigenvalue weighted by Gasteiger charge is -2.11. The number of nitrogens with zero attached hydrogens (tertiary/aromatic N) is 3. The average molecular weight is 362 g/mol. The lowest BCUT2D eigenvalue weighted by Crippen LogP contribution is -2.32. The summed E-state index contributed by atoms with van der Waals surface area (Å²) < 4.78 is 7.39. The second-order valence-corrected chi connectivity index (χ2v) is 6.74. The molecule has 3 rings (SSSR count). The SMILES string of the molecule is CCn1c(SCC(=O)NCC2CCCO2)nnc1-c1ccccc1O. The Morgan fingerprint density at radius 1 is 1.44 bits per heavy atom. The molecule has 1 unspecified atom stereocenters. The highest BCUT2D eigenvalue weighted by molar-refractivity contribution is 7.99. The molecule has 134 valence electrons. The van der Waals surface area contributed by atoms with Crippen LogP contribution < -0.4 is 5.32 Å². The van der Waals surface area contributed by atoms with Gasteiger partial charge in [-0.3, -0.25) is 4.79 Å². The highest BCUT2D eigenvalue weighted by Crippen LogP contribution is 2.29. The van der Waals surface area contributed by atoms with Gasteiger partial charge in [-0.2, -0.15) is 0 Å². The third kappa shape index (κ3) is 4.32. The molecule has 0 radical (unpaired) electrons. The van der Waals surface area contributed by atoms with E-state index in [0.29, 0.717) is 29.6 Å². The smallest absolute Gasteiger partial charge is 0.230 e. The number of hydrogen-bond acceptors (Lipinski definition) is 6. The van der Waals surface area contributed by atoms with Gasteiger partial charge < -0.3 is 19.7 Å². The Hall–Kier alpha value is -2.06. The third-order valence-electron chi connectivity index (χ3n) is 4.06. The van der Waals surface area contributed by atoms with Crippen molar-refractivity contribution in [1.29, 1.82) is 0 Å². The predicted molar refractivity (Wildman–Crippen MR) is 95.5 cm³/mol. The van der Waals surface area contributed by atoms with Gasteiger partial charge in [-0.1, -0.05) is 23.9 Å². The molecule has 0 saturated carbocycles. The van der Waals surface area contributed by atoms with E-state index in [9.17, 15) is 9.90 Å². The number of phenolic OH excluding ortho intramolecular Hbond substituents is 1. The van der Waals surface area contributed by atoms with E-state index < -0.39 is 0 Å². The molecule has 1 aliphatic rings. The van der Waals surface area contributed by atoms with Gasteiger partial charge in [0.2, 0.25) is 5.91 Å². The molecule has 1 saturated heterocycles. The highest BCUT2D eigenvalue weighted by atomic mass is 32.2. The molecular weight excluding hydrogens is 340 g/mol. The number of rotatable bonds is 7. The molecule has 1 atom stereocenters. The zero-order chi connectivity index (χ0) is 17.6. The van der Waals surface area contributed by atoms with Gasteiger partial charge in [0.15, 0.2) is 11.0 Å². The van der Waals surface area contributed by atoms with Gasteiger partial charge in [0.05, 0.1) is 17.4 Å². The molecule has 2 aromatic rings. The summed E-state index contributed by atoms with van der Waals surface area (Å²) in [5.74, 6) is 0.986. The van der Waals surface area contributed by atoms with Crippen molar-refractivity contribution in [3.63, 3.8) is 0 Å². The van der Waals surface area contributed by atoms with E-state index in [1.807, 2.05) is 17.6 Å². The minimum Gasteiger partial charge on any atom is -0.507 e. The van der Waals surface area contributed by atoms with Crippen molar-refractivity contribution in [1.82, 2.24) is 20.1 Å². The number of hydrogen-bond donors (Lipinski definition) is 2. The summed E-state index contributed by atoms with van der Waals surface area (Å²) in [6.45, 7) is 3.97. The van der Waals surface area contributed by atoms with Crippen LogP contribution in [0.5, 0.6) is 5.75 Å². The largest absolute Gasteiger partial charge is 0.507 e. The Labute approximate surface area is 150 Å². The topological polar surface area (TPSA) is 89.3 Å². The van der Waals surface area contributed by atoms with E-state index >= 15 is 0 Å². The summed E-state index contributed by atoms with van der Waals surface area (Å²) in [7, 11) is 0. The van der Waals surface area contributed by atoms with Crippen LogP contribution in [0.4, 0.5) is 0 Å². The lowest BCUT2D eigenvalue weighted by molar-refractivity contribution is -0.119. The Morgan fingerprint density at radius 3 is 3.00 bits per heavy atom. The summed E-state index contributed by atoms with van der Waals surface area (Å²) in [5.41, 5.74) is 0.631. The summed E-state index contributed by atoms with van der Waals surface area (Å²) in [6, 6.07) is 7.03. The second-order valence-electron chi connectivity index (χ2n) is 5.80. The Kier molecular flexibility index (Phi) is 5.93. The van der Waals surface area contributed by atoms with Gasteiger partial charge in [0.25, 0.3) is 0 Å². The molecule has 1 aromatic heterocycles. The Balaban J connectivity index is 1.61. The quantitative estimate of drug-likeness (QED) is 0.733. The number of para-hydroxylation sites is 1. The third-order valence-corrected chi connectivity index (χ3v) is 5.03. The van der Waals surface area contributed by atoms with E-state index in [-0.39, 0.29) is 23.5 Å². The van der Waals surface area contributed by atoms with Crippen molar-refractivity contribution >= 4 is 17.7 Å². The molecule has 0 spiro atoms. The molecule has 2 N–H and O–H groups in total. The minimum atomic E-state index is -0.0461. The number of aromatic hydroxyl groups is 1. The lowest BCUT2D eigenvalue weighted by atomic mass is 10.2. The van der Waals surface area contributed by atoms with Crippen LogP contribution in [0, 0.1) is 0 Å². The zero-order valence-electron chi connectivity index (χ0n) is 14.1. The van der Waals surface area contributed by atoms with Crippen LogP contribution in [0.1, 0.15) is 19.8 Å². The first kappa shape index (κ1) is 17.8. The number of nitrogens with one attached hydrogen (secondary N) is 1. The van der Waals surface area contributed by atoms with Gasteiger partial charge >= 0.3 is 0 Å². The summed E-state index contributed by atoms with van der Waals surface area (Å²) in [4.78, 5) is 12.0. The number of phenols is 1. The molecule has 7 nitrogen and oxygen atoms in total. The highest BCUT2D eigenvalue weighted by Gasteiger charge is 2.18. The zero-order valence-corrected chi connectivity index (χ0v) is 15.0. The molecule has 0 aliphatic carbocycles. The molecule has 25 heavy (non-hydrogen) atoms. The van der Waals surface area contributed by atoms with Gasteiger partial charge in [-0.15, -0.1) is 10.2 Å². The number of aromatic nitrogens is 3. The summed E-state index contributed by atoms with van der Waals surface area (Å²) >= 11 is 1.34. The molecule has 1 aliphatic heterocycles. The summed E-state index contributed by atoms with van der Waals surface area (Å²) in [6.07, 6.45) is 2.20. The van der Waals surface area contributed by atoms with Crippen LogP contribution in [0.25, 0.3) is 11.4 Å². The van der Waals surface area contributed by atoms with Crippen molar-refractivity contribution in [3.8, 4) is 17.1 Å². The van der Waals surface area contributed by atoms with Crippen LogP contribution in [0.3, 0.4) is 0 Å². The van der Waals surface area contributed by atoms with Crippen LogP contribution in [-0.4, -0.2) is 50.8 Å². The predicted octanol–water partition coefficient (Wildman–Crippen LogP) is 2.06. The van der Waals surface area contributed by atoms with Gasteiger partial charge in [-0.25, -0.2) is 0 Å². The van der Waals surface area contributed by atoms with E-state index in [2.05, 4.69) is 15.5 Å². The monoisotopic (exact) mass is 362 g/mol. The molecule has 0 bridgehead atoms. The minimum absolute atomic E-state index is 0.0461. The fraction of sp³-hybridized carbons (Fsp3) is 0.471. The number of carbonyl (C=O) groups excluding carboxylic acids is 1. The maximum atomic E-state index is 12.0. The van der Waals surface area contributed by atoms with Crippen molar-refractivity contribution < 1.29 is 14.6 Å². The van der Waals surface area contributed by atoms with Crippen LogP contribution in [0.2, 0.25) is 0 Å². The van der Waals surface area contributed by atoms with Crippen molar-refractivity contribution in [3.05, 3.63) is 24.3 Å². The number of benzene rings is 1. The Bertz CT molecular complexity index is 728. The fourth-order valence-electron chi connectivity index (χ4n) is 2.76. The maximum absolute atomic E-state index is 12.0. The van der Waals surface area contributed by atoms with Crippen molar-refractivity contribution in [2.45, 2.75) is 37.6 Å². The Morgan fingerprint density at radius 2 is 2.28 bits per heavy atom. The number of amides is 1. The van der Waals surface area contributed by atoms with Crippen molar-refractivity contribution in [2.75, 3.05) is 18.9 Å². The standard InChI is InChI=1S/C17H22N4O3S/c1-2-21-16(13-7-3-4-8-14(13)22)19-20-17(21)25-11-15(23)18-10-12-6-5-9-24-12/h3-4,7-8,12,22H,2,5-6,9-11H2,1H3,(H,18,23). The second kappa shape index (κ2) is 8.35. The normalized spacial score (nSPS) is 16.9. The number of thioether (sulfide) groups is 1. The first-order valence-corrected chi connectivity index (χ1v) is 9.40. The van der Waals surface area contributed by atoms with Crippen LogP contribution >= 0.6 is 11.8 Å². The molecule has 1 fully saturated rings. The van der Waals surface area contributed by atoms with E-state index in [0.717, 1.165) is 19.4 Å². The molecule has 1 amide bonds. The van der Waals surface area contributed by atoms with Gasteiger partial charge in [0, 0.05) is 19.7 Å². The first-order valence-electron chi connectivity index (χ1n) is 8.41. The number of ether oxygens (including phenoxy) is 1. The van der Waals surface area contributed by atoms with E-state index in [1.54, 1.807) is 18.2 Å². The van der Waals surface area contributed by atoms with Crippen LogP contribution in [-0.2, 0) is 16.1 Å². The fourth-order valence-corrected chi connectivity index (χ4v) is 3.59. The first-order chi connectivity index (χ1) is 12.2. The van der Waals surface area contributed by atoms with E-state index in [4.69, 9.17) is 4.74 Å². The van der Waals surface area contributed by atoms with Gasteiger partial charge in [0.1, 0.15) is 5.75 Å². The molecule has 8 heteroatoms. The maximum Gasteiger partial charge on any atom is 0.230 e. The van der Waals surface area contributed by atoms with Gasteiger partial charge in [-0.05, 0) is 31.9 Å². The average Bonchev–Trinajstić information content (AvgIpc) is 3.28. The molecule has 2 heterocycles. The molecule has 1 aromatic carbocycles. The molecular formula is C17H22N4O3S.